The Kier molecular flexibility index (Phi) is 4.98. The van der Waals surface area contributed by atoms with Crippen LogP contribution in [0.25, 0.3) is 0 Å². The molecule has 1 fully saturated rings. The Morgan fingerprint density at radius 2 is 2.19 bits per heavy atom. The molecule has 5 nitrogen and oxygen atoms in total. The zero-order chi connectivity index (χ0) is 15.6. The van der Waals surface area contributed by atoms with Gasteiger partial charge in [0.25, 0.3) is 5.91 Å². The molecular formula is C15H22N2O3S. The van der Waals surface area contributed by atoms with Crippen LogP contribution in [-0.4, -0.2) is 40.0 Å². The fraction of sp³-hybridized carbons (Fsp3) is 0.667. The van der Waals surface area contributed by atoms with Gasteiger partial charge in [-0.2, -0.15) is 0 Å². The number of carboxylic acids is 1. The minimum Gasteiger partial charge on any atom is -0.481 e. The van der Waals surface area contributed by atoms with Gasteiger partial charge in [0.2, 0.25) is 0 Å². The van der Waals surface area contributed by atoms with Gasteiger partial charge in [0.15, 0.2) is 0 Å². The van der Waals surface area contributed by atoms with E-state index in [9.17, 15) is 9.59 Å². The van der Waals surface area contributed by atoms with Gasteiger partial charge in [-0.15, -0.1) is 11.3 Å². The molecule has 1 saturated heterocycles. The first-order chi connectivity index (χ1) is 9.88. The smallest absolute Gasteiger partial charge is 0.308 e. The molecular weight excluding hydrogens is 288 g/mol. The Bertz CT molecular complexity index is 539. The molecule has 0 aromatic carbocycles. The van der Waals surface area contributed by atoms with Gasteiger partial charge < -0.3 is 10.0 Å². The quantitative estimate of drug-likeness (QED) is 0.928. The highest BCUT2D eigenvalue weighted by Crippen LogP contribution is 2.25. The third kappa shape index (κ3) is 3.81. The van der Waals surface area contributed by atoms with Crippen molar-refractivity contribution in [1.82, 2.24) is 9.88 Å². The number of aromatic nitrogens is 1. The van der Waals surface area contributed by atoms with E-state index in [1.807, 2.05) is 6.92 Å². The molecule has 0 spiro atoms. The predicted molar refractivity (Wildman–Crippen MR) is 81.7 cm³/mol. The highest BCUT2D eigenvalue weighted by atomic mass is 32.1. The van der Waals surface area contributed by atoms with E-state index in [0.717, 1.165) is 23.5 Å². The minimum absolute atomic E-state index is 0.0535. The van der Waals surface area contributed by atoms with Gasteiger partial charge in [-0.25, -0.2) is 4.98 Å². The van der Waals surface area contributed by atoms with Crippen LogP contribution in [0.5, 0.6) is 0 Å². The molecule has 0 aliphatic carbocycles. The van der Waals surface area contributed by atoms with Crippen LogP contribution in [-0.2, 0) is 11.2 Å². The molecule has 1 N–H and O–H groups in total. The van der Waals surface area contributed by atoms with E-state index in [4.69, 9.17) is 5.11 Å². The summed E-state index contributed by atoms with van der Waals surface area (Å²) in [5.41, 5.74) is 0.856. The maximum atomic E-state index is 12.7. The first-order valence-corrected chi connectivity index (χ1v) is 8.18. The molecule has 1 aromatic heterocycles. The highest BCUT2D eigenvalue weighted by molar-refractivity contribution is 7.13. The number of nitrogens with zero attached hydrogens (tertiary/aromatic N) is 2. The number of carbonyl (C=O) groups excluding carboxylic acids is 1. The van der Waals surface area contributed by atoms with Crippen molar-refractivity contribution in [1.29, 1.82) is 0 Å². The van der Waals surface area contributed by atoms with E-state index in [1.165, 1.54) is 11.3 Å². The molecule has 6 heteroatoms. The number of likely N-dealkylation sites (tertiary alicyclic amines) is 1. The molecule has 1 atom stereocenters. The molecule has 0 saturated carbocycles. The molecule has 2 rings (SSSR count). The molecule has 0 bridgehead atoms. The second-order valence-electron chi connectivity index (χ2n) is 6.04. The summed E-state index contributed by atoms with van der Waals surface area (Å²) in [5, 5.41) is 10.0. The lowest BCUT2D eigenvalue weighted by atomic mass is 9.98. The minimum atomic E-state index is -0.810. The lowest BCUT2D eigenvalue weighted by molar-refractivity contribution is -0.143. The van der Waals surface area contributed by atoms with Gasteiger partial charge in [0, 0.05) is 13.1 Å². The third-order valence-corrected chi connectivity index (χ3v) is 4.66. The average molecular weight is 310 g/mol. The number of aliphatic carboxylic acids is 1. The number of aryl methyl sites for hydroxylation is 1. The Morgan fingerprint density at radius 3 is 2.81 bits per heavy atom. The van der Waals surface area contributed by atoms with Crippen molar-refractivity contribution in [2.24, 2.45) is 11.8 Å². The van der Waals surface area contributed by atoms with Gasteiger partial charge in [-0.1, -0.05) is 13.8 Å². The summed E-state index contributed by atoms with van der Waals surface area (Å²) >= 11 is 1.42. The SMILES string of the molecule is Cc1nc(CC(C)C)c(C(=O)N2CCC[C@H](C(=O)O)C2)s1. The van der Waals surface area contributed by atoms with E-state index in [2.05, 4.69) is 18.8 Å². The summed E-state index contributed by atoms with van der Waals surface area (Å²) in [7, 11) is 0. The maximum Gasteiger partial charge on any atom is 0.308 e. The van der Waals surface area contributed by atoms with E-state index < -0.39 is 11.9 Å². The fourth-order valence-corrected chi connectivity index (χ4v) is 3.58. The topological polar surface area (TPSA) is 70.5 Å². The summed E-state index contributed by atoms with van der Waals surface area (Å²) in [6.45, 7) is 7.06. The van der Waals surface area contributed by atoms with Gasteiger partial charge >= 0.3 is 5.97 Å². The van der Waals surface area contributed by atoms with Crippen LogP contribution in [0.1, 0.15) is 47.1 Å². The Balaban J connectivity index is 2.17. The third-order valence-electron chi connectivity index (χ3n) is 3.66. The highest BCUT2D eigenvalue weighted by Gasteiger charge is 2.30. The number of piperidine rings is 1. The monoisotopic (exact) mass is 310 g/mol. The summed E-state index contributed by atoms with van der Waals surface area (Å²) in [6.07, 6.45) is 2.18. The number of carboxylic acid groups (broad SMARTS) is 1. The Morgan fingerprint density at radius 1 is 1.48 bits per heavy atom. The van der Waals surface area contributed by atoms with Crippen molar-refractivity contribution in [2.75, 3.05) is 13.1 Å². The Labute approximate surface area is 129 Å². The van der Waals surface area contributed by atoms with Gasteiger partial charge in [-0.3, -0.25) is 9.59 Å². The van der Waals surface area contributed by atoms with Crippen molar-refractivity contribution in [3.05, 3.63) is 15.6 Å². The van der Waals surface area contributed by atoms with Crippen molar-refractivity contribution >= 4 is 23.2 Å². The Hall–Kier alpha value is -1.43. The van der Waals surface area contributed by atoms with E-state index in [0.29, 0.717) is 30.3 Å². The normalized spacial score (nSPS) is 19.0. The molecule has 1 aliphatic heterocycles. The van der Waals surface area contributed by atoms with E-state index in [-0.39, 0.29) is 5.91 Å². The molecule has 0 radical (unpaired) electrons. The van der Waals surface area contributed by atoms with Gasteiger partial charge in [0.05, 0.1) is 16.6 Å². The van der Waals surface area contributed by atoms with Crippen LogP contribution in [0.2, 0.25) is 0 Å². The molecule has 21 heavy (non-hydrogen) atoms. The molecule has 116 valence electrons. The molecule has 1 amide bonds. The molecule has 1 aliphatic rings. The predicted octanol–water partition coefficient (Wildman–Crippen LogP) is 2.59. The first kappa shape index (κ1) is 15.9. The van der Waals surface area contributed by atoms with Gasteiger partial charge in [-0.05, 0) is 32.1 Å². The van der Waals surface area contributed by atoms with Crippen molar-refractivity contribution in [3.8, 4) is 0 Å². The van der Waals surface area contributed by atoms with Crippen LogP contribution in [0, 0.1) is 18.8 Å². The van der Waals surface area contributed by atoms with E-state index in [1.54, 1.807) is 4.90 Å². The number of amides is 1. The first-order valence-electron chi connectivity index (χ1n) is 7.37. The average Bonchev–Trinajstić information content (AvgIpc) is 2.78. The maximum absolute atomic E-state index is 12.7. The summed E-state index contributed by atoms with van der Waals surface area (Å²) in [4.78, 5) is 30.7. The zero-order valence-electron chi connectivity index (χ0n) is 12.8. The van der Waals surface area contributed by atoms with Crippen molar-refractivity contribution in [2.45, 2.75) is 40.0 Å². The zero-order valence-corrected chi connectivity index (χ0v) is 13.6. The van der Waals surface area contributed by atoms with Gasteiger partial charge in [0.1, 0.15) is 4.88 Å². The second kappa shape index (κ2) is 6.56. The largest absolute Gasteiger partial charge is 0.481 e. The molecule has 2 heterocycles. The van der Waals surface area contributed by atoms with Crippen LogP contribution in [0.15, 0.2) is 0 Å². The second-order valence-corrected chi connectivity index (χ2v) is 7.24. The standard InChI is InChI=1S/C15H22N2O3S/c1-9(2)7-12-13(21-10(3)16-12)14(18)17-6-4-5-11(8-17)15(19)20/h9,11H,4-8H2,1-3H3,(H,19,20)/t11-/m0/s1. The number of thiazole rings is 1. The van der Waals surface area contributed by atoms with Crippen LogP contribution in [0.3, 0.4) is 0 Å². The number of hydrogen-bond acceptors (Lipinski definition) is 4. The van der Waals surface area contributed by atoms with Crippen LogP contribution in [0.4, 0.5) is 0 Å². The summed E-state index contributed by atoms with van der Waals surface area (Å²) in [6, 6.07) is 0. The number of rotatable bonds is 4. The lowest BCUT2D eigenvalue weighted by Crippen LogP contribution is -2.42. The van der Waals surface area contributed by atoms with Crippen molar-refractivity contribution in [3.63, 3.8) is 0 Å². The summed E-state index contributed by atoms with van der Waals surface area (Å²) < 4.78 is 0. The molecule has 0 unspecified atom stereocenters. The number of carbonyl (C=O) groups is 2. The molecule has 1 aromatic rings. The fourth-order valence-electron chi connectivity index (χ4n) is 2.67. The van der Waals surface area contributed by atoms with E-state index >= 15 is 0 Å². The van der Waals surface area contributed by atoms with Crippen LogP contribution >= 0.6 is 11.3 Å². The van der Waals surface area contributed by atoms with Crippen molar-refractivity contribution < 1.29 is 14.7 Å². The number of hydrogen-bond donors (Lipinski definition) is 1. The van der Waals surface area contributed by atoms with Crippen LogP contribution < -0.4 is 0 Å². The lowest BCUT2D eigenvalue weighted by Gasteiger charge is -2.30. The summed E-state index contributed by atoms with van der Waals surface area (Å²) in [5.74, 6) is -0.867.